The summed E-state index contributed by atoms with van der Waals surface area (Å²) in [5, 5.41) is 0. The van der Waals surface area contributed by atoms with Gasteiger partial charge in [0.2, 0.25) is 0 Å². The molecule has 27 heavy (non-hydrogen) atoms. The number of esters is 1. The summed E-state index contributed by atoms with van der Waals surface area (Å²) in [6.45, 7) is 8.60. The lowest BCUT2D eigenvalue weighted by Crippen LogP contribution is -2.31. The van der Waals surface area contributed by atoms with Crippen LogP contribution < -0.4 is 0 Å². The van der Waals surface area contributed by atoms with E-state index in [0.29, 0.717) is 13.0 Å². The lowest BCUT2D eigenvalue weighted by molar-refractivity contribution is -0.143. The Balaban J connectivity index is 2.16. The van der Waals surface area contributed by atoms with E-state index in [2.05, 4.69) is 18.7 Å². The van der Waals surface area contributed by atoms with Crippen LogP contribution in [0.1, 0.15) is 117 Å². The molecule has 0 amide bonds. The largest absolute Gasteiger partial charge is 0.466 e. The molecule has 1 aliphatic rings. The maximum atomic E-state index is 11.9. The Morgan fingerprint density at radius 1 is 0.815 bits per heavy atom. The molecule has 0 spiro atoms. The number of ether oxygens (including phenoxy) is 1. The van der Waals surface area contributed by atoms with Crippen molar-refractivity contribution in [2.45, 2.75) is 117 Å². The Hall–Kier alpha value is -0.570. The summed E-state index contributed by atoms with van der Waals surface area (Å²) in [5.74, 6) is 0.901. The minimum Gasteiger partial charge on any atom is -0.466 e. The van der Waals surface area contributed by atoms with E-state index in [1.165, 1.54) is 90.1 Å². The zero-order valence-corrected chi connectivity index (χ0v) is 18.5. The second-order valence-corrected chi connectivity index (χ2v) is 8.60. The summed E-state index contributed by atoms with van der Waals surface area (Å²) in [5.41, 5.74) is 0. The Kier molecular flexibility index (Phi) is 15.9. The third-order valence-electron chi connectivity index (χ3n) is 5.94. The van der Waals surface area contributed by atoms with Crippen LogP contribution in [0.25, 0.3) is 0 Å². The predicted molar refractivity (Wildman–Crippen MR) is 116 cm³/mol. The molecule has 1 rings (SSSR count). The summed E-state index contributed by atoms with van der Waals surface area (Å²) in [7, 11) is 0. The van der Waals surface area contributed by atoms with Crippen LogP contribution in [-0.4, -0.2) is 37.1 Å². The van der Waals surface area contributed by atoms with Gasteiger partial charge < -0.3 is 9.64 Å². The van der Waals surface area contributed by atoms with Crippen molar-refractivity contribution in [1.29, 1.82) is 0 Å². The van der Waals surface area contributed by atoms with Gasteiger partial charge in [-0.2, -0.15) is 0 Å². The van der Waals surface area contributed by atoms with Crippen molar-refractivity contribution in [3.05, 3.63) is 0 Å². The minimum absolute atomic E-state index is 0.00263. The number of hydrogen-bond donors (Lipinski definition) is 0. The van der Waals surface area contributed by atoms with Crippen LogP contribution in [0.15, 0.2) is 0 Å². The van der Waals surface area contributed by atoms with Gasteiger partial charge in [0, 0.05) is 13.0 Å². The van der Waals surface area contributed by atoms with Crippen molar-refractivity contribution in [2.24, 2.45) is 5.92 Å². The molecule has 0 bridgehead atoms. The molecule has 3 nitrogen and oxygen atoms in total. The average Bonchev–Trinajstić information content (AvgIpc) is 3.17. The summed E-state index contributed by atoms with van der Waals surface area (Å²) in [4.78, 5) is 14.5. The standard InChI is InChI=1S/C24H47NO2/c1-3-5-7-8-9-10-13-19-25(22-23-16-11-12-17-23)20-15-18-24(26)27-21-14-6-4-2/h23H,3-22H2,1-2H3. The van der Waals surface area contributed by atoms with Gasteiger partial charge in [-0.25, -0.2) is 0 Å². The van der Waals surface area contributed by atoms with Gasteiger partial charge in [0.25, 0.3) is 0 Å². The number of hydrogen-bond acceptors (Lipinski definition) is 3. The first kappa shape index (κ1) is 24.5. The van der Waals surface area contributed by atoms with Crippen molar-refractivity contribution in [2.75, 3.05) is 26.2 Å². The number of rotatable bonds is 18. The first-order valence-electron chi connectivity index (χ1n) is 12.1. The number of unbranched alkanes of at least 4 members (excludes halogenated alkanes) is 8. The fourth-order valence-electron chi connectivity index (χ4n) is 4.20. The fraction of sp³-hybridized carbons (Fsp3) is 0.958. The van der Waals surface area contributed by atoms with E-state index >= 15 is 0 Å². The van der Waals surface area contributed by atoms with E-state index in [4.69, 9.17) is 4.74 Å². The van der Waals surface area contributed by atoms with Crippen molar-refractivity contribution in [3.8, 4) is 0 Å². The van der Waals surface area contributed by atoms with E-state index in [-0.39, 0.29) is 5.97 Å². The minimum atomic E-state index is 0.00263. The van der Waals surface area contributed by atoms with Crippen LogP contribution in [0, 0.1) is 5.92 Å². The molecule has 1 saturated carbocycles. The zero-order chi connectivity index (χ0) is 19.6. The quantitative estimate of drug-likeness (QED) is 0.194. The van der Waals surface area contributed by atoms with E-state index in [9.17, 15) is 4.79 Å². The number of nitrogens with zero attached hydrogens (tertiary/aromatic N) is 1. The second kappa shape index (κ2) is 17.5. The van der Waals surface area contributed by atoms with Gasteiger partial charge in [0.15, 0.2) is 0 Å². The highest BCUT2D eigenvalue weighted by Crippen LogP contribution is 2.25. The maximum absolute atomic E-state index is 11.9. The highest BCUT2D eigenvalue weighted by molar-refractivity contribution is 5.69. The highest BCUT2D eigenvalue weighted by Gasteiger charge is 2.18. The van der Waals surface area contributed by atoms with Crippen LogP contribution in [0.3, 0.4) is 0 Å². The molecule has 0 saturated heterocycles. The topological polar surface area (TPSA) is 29.5 Å². The molecule has 0 heterocycles. The lowest BCUT2D eigenvalue weighted by Gasteiger charge is -2.25. The Morgan fingerprint density at radius 3 is 2.11 bits per heavy atom. The molecule has 0 aromatic carbocycles. The Labute approximate surface area is 169 Å². The molecule has 1 aliphatic carbocycles. The van der Waals surface area contributed by atoms with Crippen LogP contribution in [0.4, 0.5) is 0 Å². The smallest absolute Gasteiger partial charge is 0.305 e. The molecule has 3 heteroatoms. The van der Waals surface area contributed by atoms with E-state index < -0.39 is 0 Å². The predicted octanol–water partition coefficient (Wildman–Crippen LogP) is 6.74. The molecular formula is C24H47NO2. The van der Waals surface area contributed by atoms with Crippen molar-refractivity contribution < 1.29 is 9.53 Å². The SMILES string of the molecule is CCCCCCCCCN(CCCC(=O)OCCCCC)CC1CCCC1. The van der Waals surface area contributed by atoms with Crippen molar-refractivity contribution in [3.63, 3.8) is 0 Å². The summed E-state index contributed by atoms with van der Waals surface area (Å²) >= 11 is 0. The van der Waals surface area contributed by atoms with Crippen LogP contribution >= 0.6 is 0 Å². The Morgan fingerprint density at radius 2 is 1.41 bits per heavy atom. The van der Waals surface area contributed by atoms with Crippen LogP contribution in [0.5, 0.6) is 0 Å². The number of carbonyl (C=O) groups excluding carboxylic acids is 1. The lowest BCUT2D eigenvalue weighted by atomic mass is 10.1. The molecule has 0 atom stereocenters. The molecule has 0 aromatic rings. The van der Waals surface area contributed by atoms with E-state index in [0.717, 1.165) is 31.7 Å². The maximum Gasteiger partial charge on any atom is 0.305 e. The molecule has 0 radical (unpaired) electrons. The van der Waals surface area contributed by atoms with Gasteiger partial charge in [-0.15, -0.1) is 0 Å². The molecule has 0 N–H and O–H groups in total. The van der Waals surface area contributed by atoms with Crippen LogP contribution in [0.2, 0.25) is 0 Å². The molecule has 160 valence electrons. The van der Waals surface area contributed by atoms with Crippen molar-refractivity contribution in [1.82, 2.24) is 4.90 Å². The molecule has 1 fully saturated rings. The van der Waals surface area contributed by atoms with Gasteiger partial charge >= 0.3 is 5.97 Å². The van der Waals surface area contributed by atoms with Gasteiger partial charge in [-0.05, 0) is 51.1 Å². The molecule has 0 aliphatic heterocycles. The van der Waals surface area contributed by atoms with Crippen molar-refractivity contribution >= 4 is 5.97 Å². The average molecular weight is 382 g/mol. The third kappa shape index (κ3) is 14.1. The van der Waals surface area contributed by atoms with Gasteiger partial charge in [-0.1, -0.05) is 78.1 Å². The van der Waals surface area contributed by atoms with Crippen LogP contribution in [-0.2, 0) is 9.53 Å². The number of carbonyl (C=O) groups is 1. The Bertz CT molecular complexity index is 339. The zero-order valence-electron chi connectivity index (χ0n) is 18.5. The normalized spacial score (nSPS) is 14.9. The first-order valence-corrected chi connectivity index (χ1v) is 12.1. The fourth-order valence-corrected chi connectivity index (χ4v) is 4.20. The summed E-state index contributed by atoms with van der Waals surface area (Å²) < 4.78 is 5.35. The second-order valence-electron chi connectivity index (χ2n) is 8.60. The summed E-state index contributed by atoms with van der Waals surface area (Å²) in [6.07, 6.45) is 20.1. The summed E-state index contributed by atoms with van der Waals surface area (Å²) in [6, 6.07) is 0. The van der Waals surface area contributed by atoms with E-state index in [1.807, 2.05) is 0 Å². The molecule has 0 unspecified atom stereocenters. The van der Waals surface area contributed by atoms with E-state index in [1.54, 1.807) is 0 Å². The molecule has 0 aromatic heterocycles. The van der Waals surface area contributed by atoms with Gasteiger partial charge in [0.1, 0.15) is 0 Å². The van der Waals surface area contributed by atoms with Gasteiger partial charge in [-0.3, -0.25) is 4.79 Å². The third-order valence-corrected chi connectivity index (χ3v) is 5.94. The highest BCUT2D eigenvalue weighted by atomic mass is 16.5. The molecular weight excluding hydrogens is 334 g/mol. The first-order chi connectivity index (χ1) is 13.3. The van der Waals surface area contributed by atoms with Gasteiger partial charge in [0.05, 0.1) is 6.61 Å². The monoisotopic (exact) mass is 381 g/mol.